The lowest BCUT2D eigenvalue weighted by atomic mass is 10.2. The fourth-order valence-electron chi connectivity index (χ4n) is 1.62. The van der Waals surface area contributed by atoms with Crippen molar-refractivity contribution >= 4 is 5.91 Å². The first-order chi connectivity index (χ1) is 10.2. The SMILES string of the molecule is CC(=O)NCC#Cc1cncc(OCc2ccccc2)c1. The van der Waals surface area contributed by atoms with E-state index in [1.165, 1.54) is 6.92 Å². The molecule has 0 aliphatic heterocycles. The number of carbonyl (C=O) groups excluding carboxylic acids is 1. The molecule has 1 aromatic carbocycles. The van der Waals surface area contributed by atoms with Gasteiger partial charge >= 0.3 is 0 Å². The van der Waals surface area contributed by atoms with Gasteiger partial charge in [-0.25, -0.2) is 0 Å². The third-order valence-corrected chi connectivity index (χ3v) is 2.62. The Balaban J connectivity index is 1.93. The molecule has 0 radical (unpaired) electrons. The van der Waals surface area contributed by atoms with Gasteiger partial charge in [-0.15, -0.1) is 0 Å². The summed E-state index contributed by atoms with van der Waals surface area (Å²) >= 11 is 0. The van der Waals surface area contributed by atoms with Crippen molar-refractivity contribution in [1.29, 1.82) is 0 Å². The molecule has 4 heteroatoms. The Morgan fingerprint density at radius 2 is 2.10 bits per heavy atom. The topological polar surface area (TPSA) is 51.2 Å². The molecule has 2 aromatic rings. The molecule has 0 fully saturated rings. The summed E-state index contributed by atoms with van der Waals surface area (Å²) in [7, 11) is 0. The van der Waals surface area contributed by atoms with E-state index in [0.717, 1.165) is 11.1 Å². The minimum Gasteiger partial charge on any atom is -0.487 e. The van der Waals surface area contributed by atoms with E-state index in [2.05, 4.69) is 22.1 Å². The molecule has 0 saturated heterocycles. The lowest BCUT2D eigenvalue weighted by Crippen LogP contribution is -2.19. The number of pyridine rings is 1. The second-order valence-electron chi connectivity index (χ2n) is 4.40. The number of nitrogens with one attached hydrogen (secondary N) is 1. The maximum atomic E-state index is 10.7. The van der Waals surface area contributed by atoms with E-state index < -0.39 is 0 Å². The van der Waals surface area contributed by atoms with E-state index in [4.69, 9.17) is 4.74 Å². The molecular formula is C17H16N2O2. The molecule has 0 aliphatic carbocycles. The van der Waals surface area contributed by atoms with Gasteiger partial charge in [0.1, 0.15) is 12.4 Å². The zero-order valence-corrected chi connectivity index (χ0v) is 11.8. The molecule has 1 N–H and O–H groups in total. The van der Waals surface area contributed by atoms with Crippen molar-refractivity contribution in [2.45, 2.75) is 13.5 Å². The van der Waals surface area contributed by atoms with Crippen LogP contribution in [0.3, 0.4) is 0 Å². The summed E-state index contributed by atoms with van der Waals surface area (Å²) in [5.41, 5.74) is 1.85. The average Bonchev–Trinajstić information content (AvgIpc) is 2.51. The molecule has 0 saturated carbocycles. The fraction of sp³-hybridized carbons (Fsp3) is 0.176. The summed E-state index contributed by atoms with van der Waals surface area (Å²) in [5.74, 6) is 6.36. The number of hydrogen-bond acceptors (Lipinski definition) is 3. The molecule has 2 rings (SSSR count). The van der Waals surface area contributed by atoms with Gasteiger partial charge in [0.25, 0.3) is 0 Å². The molecule has 1 amide bonds. The lowest BCUT2D eigenvalue weighted by molar-refractivity contribution is -0.118. The third-order valence-electron chi connectivity index (χ3n) is 2.62. The van der Waals surface area contributed by atoms with Crippen molar-refractivity contribution in [2.75, 3.05) is 6.54 Å². The number of nitrogens with zero attached hydrogens (tertiary/aromatic N) is 1. The minimum absolute atomic E-state index is 0.0950. The van der Waals surface area contributed by atoms with E-state index in [0.29, 0.717) is 18.9 Å². The molecule has 4 nitrogen and oxygen atoms in total. The molecule has 0 atom stereocenters. The Morgan fingerprint density at radius 1 is 1.29 bits per heavy atom. The van der Waals surface area contributed by atoms with Crippen molar-refractivity contribution in [3.05, 3.63) is 59.9 Å². The van der Waals surface area contributed by atoms with Crippen LogP contribution >= 0.6 is 0 Å². The second kappa shape index (κ2) is 7.71. The lowest BCUT2D eigenvalue weighted by Gasteiger charge is -2.05. The van der Waals surface area contributed by atoms with Crippen molar-refractivity contribution < 1.29 is 9.53 Å². The molecule has 1 heterocycles. The normalized spacial score (nSPS) is 9.38. The van der Waals surface area contributed by atoms with Crippen LogP contribution in [-0.4, -0.2) is 17.4 Å². The Bertz CT molecular complexity index is 657. The van der Waals surface area contributed by atoms with Gasteiger partial charge in [0.2, 0.25) is 5.91 Å². The van der Waals surface area contributed by atoms with E-state index in [-0.39, 0.29) is 5.91 Å². The van der Waals surface area contributed by atoms with Gasteiger partial charge in [0.15, 0.2) is 0 Å². The van der Waals surface area contributed by atoms with Gasteiger partial charge in [-0.1, -0.05) is 42.2 Å². The number of rotatable bonds is 4. The quantitative estimate of drug-likeness (QED) is 0.873. The number of carbonyl (C=O) groups is 1. The Kier molecular flexibility index (Phi) is 5.36. The van der Waals surface area contributed by atoms with Gasteiger partial charge in [-0.3, -0.25) is 9.78 Å². The summed E-state index contributed by atoms with van der Waals surface area (Å²) in [6.45, 7) is 2.27. The van der Waals surface area contributed by atoms with Crippen LogP contribution in [0.25, 0.3) is 0 Å². The molecule has 0 unspecified atom stereocenters. The van der Waals surface area contributed by atoms with Gasteiger partial charge in [-0.05, 0) is 11.6 Å². The largest absolute Gasteiger partial charge is 0.487 e. The smallest absolute Gasteiger partial charge is 0.217 e. The highest BCUT2D eigenvalue weighted by Crippen LogP contribution is 2.12. The van der Waals surface area contributed by atoms with Crippen LogP contribution in [0.15, 0.2) is 48.8 Å². The van der Waals surface area contributed by atoms with Crippen LogP contribution < -0.4 is 10.1 Å². The second-order valence-corrected chi connectivity index (χ2v) is 4.40. The summed E-state index contributed by atoms with van der Waals surface area (Å²) in [6, 6.07) is 11.8. The van der Waals surface area contributed by atoms with Crippen LogP contribution in [0.1, 0.15) is 18.1 Å². The van der Waals surface area contributed by atoms with Crippen molar-refractivity contribution in [2.24, 2.45) is 0 Å². The molecular weight excluding hydrogens is 264 g/mol. The van der Waals surface area contributed by atoms with Gasteiger partial charge in [0, 0.05) is 18.7 Å². The monoisotopic (exact) mass is 280 g/mol. The molecule has 0 bridgehead atoms. The van der Waals surface area contributed by atoms with Crippen molar-refractivity contribution in [3.8, 4) is 17.6 Å². The standard InChI is InChI=1S/C17H16N2O2/c1-14(20)19-9-5-8-16-10-17(12-18-11-16)21-13-15-6-3-2-4-7-15/h2-4,6-7,10-12H,9,13H2,1H3,(H,19,20). The van der Waals surface area contributed by atoms with Crippen LogP contribution in [0.2, 0.25) is 0 Å². The van der Waals surface area contributed by atoms with Gasteiger partial charge in [-0.2, -0.15) is 0 Å². The maximum absolute atomic E-state index is 10.7. The highest BCUT2D eigenvalue weighted by atomic mass is 16.5. The first-order valence-electron chi connectivity index (χ1n) is 6.59. The number of benzene rings is 1. The maximum Gasteiger partial charge on any atom is 0.217 e. The zero-order valence-electron chi connectivity index (χ0n) is 11.8. The van der Waals surface area contributed by atoms with Crippen LogP contribution in [0.4, 0.5) is 0 Å². The Hall–Kier alpha value is -2.80. The number of hydrogen-bond donors (Lipinski definition) is 1. The summed E-state index contributed by atoms with van der Waals surface area (Å²) in [4.78, 5) is 14.8. The average molecular weight is 280 g/mol. The Labute approximate surface area is 124 Å². The third kappa shape index (κ3) is 5.37. The predicted molar refractivity (Wildman–Crippen MR) is 80.6 cm³/mol. The van der Waals surface area contributed by atoms with Gasteiger partial charge < -0.3 is 10.1 Å². The van der Waals surface area contributed by atoms with Crippen LogP contribution in [-0.2, 0) is 11.4 Å². The minimum atomic E-state index is -0.0950. The molecule has 0 spiro atoms. The summed E-state index contributed by atoms with van der Waals surface area (Å²) in [6.07, 6.45) is 3.32. The van der Waals surface area contributed by atoms with Crippen LogP contribution in [0.5, 0.6) is 5.75 Å². The highest BCUT2D eigenvalue weighted by molar-refractivity contribution is 5.73. The molecule has 1 aromatic heterocycles. The summed E-state index contributed by atoms with van der Waals surface area (Å²) in [5, 5.41) is 2.61. The molecule has 21 heavy (non-hydrogen) atoms. The summed E-state index contributed by atoms with van der Waals surface area (Å²) < 4.78 is 5.68. The van der Waals surface area contributed by atoms with E-state index >= 15 is 0 Å². The van der Waals surface area contributed by atoms with E-state index in [1.54, 1.807) is 12.4 Å². The zero-order chi connectivity index (χ0) is 14.9. The Morgan fingerprint density at radius 3 is 2.86 bits per heavy atom. The molecule has 0 aliphatic rings. The number of ether oxygens (including phenoxy) is 1. The van der Waals surface area contributed by atoms with Gasteiger partial charge in [0.05, 0.1) is 12.7 Å². The first-order valence-corrected chi connectivity index (χ1v) is 6.59. The predicted octanol–water partition coefficient (Wildman–Crippen LogP) is 2.15. The fourth-order valence-corrected chi connectivity index (χ4v) is 1.62. The van der Waals surface area contributed by atoms with Crippen molar-refractivity contribution in [1.82, 2.24) is 10.3 Å². The van der Waals surface area contributed by atoms with E-state index in [1.807, 2.05) is 36.4 Å². The first kappa shape index (κ1) is 14.6. The van der Waals surface area contributed by atoms with Crippen LogP contribution in [0, 0.1) is 11.8 Å². The number of aromatic nitrogens is 1. The van der Waals surface area contributed by atoms with E-state index in [9.17, 15) is 4.79 Å². The molecule has 106 valence electrons. The van der Waals surface area contributed by atoms with Crippen molar-refractivity contribution in [3.63, 3.8) is 0 Å². The highest BCUT2D eigenvalue weighted by Gasteiger charge is 1.97. The number of amides is 1.